The Balaban J connectivity index is 2.72. The minimum absolute atomic E-state index is 0.00448. The highest BCUT2D eigenvalue weighted by molar-refractivity contribution is 6.41. The molecule has 0 aliphatic rings. The molecule has 2 rings (SSSR count). The van der Waals surface area contributed by atoms with Crippen LogP contribution in [0.4, 0.5) is 5.82 Å². The molecule has 0 radical (unpaired) electrons. The fourth-order valence-electron chi connectivity index (χ4n) is 2.63. The molecule has 4 N–H and O–H groups in total. The Morgan fingerprint density at radius 1 is 1.32 bits per heavy atom. The first-order valence-electron chi connectivity index (χ1n) is 8.38. The lowest BCUT2D eigenvalue weighted by Crippen LogP contribution is -2.13. The van der Waals surface area contributed by atoms with Crippen molar-refractivity contribution in [2.24, 2.45) is 10.7 Å². The number of nitrogens with zero attached hydrogens (tertiary/aromatic N) is 2. The normalized spacial score (nSPS) is 12.4. The smallest absolute Gasteiger partial charge is 0.338 e. The molecule has 1 heterocycles. The lowest BCUT2D eigenvalue weighted by molar-refractivity contribution is 0.0697. The number of anilines is 1. The van der Waals surface area contributed by atoms with Crippen molar-refractivity contribution in [3.8, 4) is 0 Å². The summed E-state index contributed by atoms with van der Waals surface area (Å²) in [4.78, 5) is 20.1. The quantitative estimate of drug-likeness (QED) is 0.558. The summed E-state index contributed by atoms with van der Waals surface area (Å²) < 4.78 is 0. The molecule has 0 unspecified atom stereocenters. The number of aromatic nitrogens is 1. The zero-order chi connectivity index (χ0) is 20.8. The number of carboxylic acids is 1. The van der Waals surface area contributed by atoms with Gasteiger partial charge in [0.25, 0.3) is 0 Å². The van der Waals surface area contributed by atoms with Gasteiger partial charge in [-0.3, -0.25) is 4.99 Å². The highest BCUT2D eigenvalue weighted by Gasteiger charge is 2.21. The third-order valence-electron chi connectivity index (χ3n) is 4.00. The second kappa shape index (κ2) is 9.39. The first-order valence-corrected chi connectivity index (χ1v) is 9.14. The Morgan fingerprint density at radius 2 is 1.96 bits per heavy atom. The SMILES string of the molecule is C=CN=C(/C(=C(\N)CC)c1ccc(NC)nc1)c1cc(Cl)c(C(=O)O)c(Cl)c1. The van der Waals surface area contributed by atoms with Gasteiger partial charge in [0.1, 0.15) is 5.82 Å². The van der Waals surface area contributed by atoms with E-state index in [1.54, 1.807) is 13.2 Å². The van der Waals surface area contributed by atoms with E-state index in [4.69, 9.17) is 28.9 Å². The number of hydrogen-bond acceptors (Lipinski definition) is 5. The molecular formula is C20H20Cl2N4O2. The summed E-state index contributed by atoms with van der Waals surface area (Å²) in [5.74, 6) is -0.503. The second-order valence-corrected chi connectivity index (χ2v) is 6.53. The Morgan fingerprint density at radius 3 is 2.39 bits per heavy atom. The van der Waals surface area contributed by atoms with Gasteiger partial charge in [0.05, 0.1) is 21.3 Å². The largest absolute Gasteiger partial charge is 0.478 e. The summed E-state index contributed by atoms with van der Waals surface area (Å²) in [6.07, 6.45) is 3.62. The number of aromatic carboxylic acids is 1. The van der Waals surface area contributed by atoms with Gasteiger partial charge >= 0.3 is 5.97 Å². The zero-order valence-corrected chi connectivity index (χ0v) is 17.0. The number of rotatable bonds is 7. The van der Waals surface area contributed by atoms with Gasteiger partial charge in [0, 0.05) is 41.8 Å². The van der Waals surface area contributed by atoms with Gasteiger partial charge in [0.2, 0.25) is 0 Å². The zero-order valence-electron chi connectivity index (χ0n) is 15.5. The fourth-order valence-corrected chi connectivity index (χ4v) is 3.28. The summed E-state index contributed by atoms with van der Waals surface area (Å²) in [6.45, 7) is 5.59. The topological polar surface area (TPSA) is 101 Å². The molecule has 0 saturated heterocycles. The van der Waals surface area contributed by atoms with Crippen molar-refractivity contribution >= 4 is 46.3 Å². The Kier molecular flexibility index (Phi) is 7.20. The third-order valence-corrected chi connectivity index (χ3v) is 4.59. The van der Waals surface area contributed by atoms with Crippen LogP contribution in [0, 0.1) is 0 Å². The number of benzene rings is 1. The molecule has 0 amide bonds. The number of carbonyl (C=O) groups is 1. The van der Waals surface area contributed by atoms with Crippen LogP contribution in [0.25, 0.3) is 5.57 Å². The minimum atomic E-state index is -1.21. The maximum Gasteiger partial charge on any atom is 0.338 e. The Hall–Kier alpha value is -2.83. The van der Waals surface area contributed by atoms with E-state index in [1.807, 2.05) is 19.1 Å². The van der Waals surface area contributed by atoms with Crippen molar-refractivity contribution in [3.05, 3.63) is 75.7 Å². The van der Waals surface area contributed by atoms with Crippen LogP contribution in [-0.2, 0) is 0 Å². The number of nitrogens with two attached hydrogens (primary N) is 1. The van der Waals surface area contributed by atoms with Crippen molar-refractivity contribution in [1.29, 1.82) is 0 Å². The van der Waals surface area contributed by atoms with Gasteiger partial charge in [0.15, 0.2) is 0 Å². The summed E-state index contributed by atoms with van der Waals surface area (Å²) in [6, 6.07) is 6.68. The van der Waals surface area contributed by atoms with E-state index in [0.717, 1.165) is 5.56 Å². The van der Waals surface area contributed by atoms with Crippen LogP contribution in [-0.4, -0.2) is 28.8 Å². The van der Waals surface area contributed by atoms with E-state index in [-0.39, 0.29) is 15.6 Å². The highest BCUT2D eigenvalue weighted by Crippen LogP contribution is 2.31. The van der Waals surface area contributed by atoms with Gasteiger partial charge in [-0.1, -0.05) is 36.7 Å². The molecule has 8 heteroatoms. The standard InChI is InChI=1S/C20H20Cl2N4O2/c1-4-15(23)17(11-6-7-16(24-3)26-10-11)19(25-5-2)12-8-13(21)18(20(27)28)14(22)9-12/h5-10H,2,4,23H2,1,3H3,(H,24,26)(H,27,28)/b17-15-,25-19?. The molecular weight excluding hydrogens is 399 g/mol. The van der Waals surface area contributed by atoms with Gasteiger partial charge in [-0.05, 0) is 30.7 Å². The molecule has 0 bridgehead atoms. The molecule has 28 heavy (non-hydrogen) atoms. The third kappa shape index (κ3) is 4.52. The molecule has 0 atom stereocenters. The van der Waals surface area contributed by atoms with Crippen LogP contribution in [0.1, 0.15) is 34.8 Å². The molecule has 2 aromatic rings. The van der Waals surface area contributed by atoms with Gasteiger partial charge in [-0.25, -0.2) is 9.78 Å². The number of nitrogens with one attached hydrogen (secondary N) is 1. The van der Waals surface area contributed by atoms with Crippen LogP contribution >= 0.6 is 23.2 Å². The number of allylic oxidation sites excluding steroid dienone is 2. The average molecular weight is 419 g/mol. The predicted molar refractivity (Wildman–Crippen MR) is 115 cm³/mol. The first-order chi connectivity index (χ1) is 13.3. The summed E-state index contributed by atoms with van der Waals surface area (Å²) in [7, 11) is 1.78. The van der Waals surface area contributed by atoms with Crippen LogP contribution in [0.2, 0.25) is 10.0 Å². The molecule has 0 spiro atoms. The van der Waals surface area contributed by atoms with Crippen molar-refractivity contribution in [2.75, 3.05) is 12.4 Å². The van der Waals surface area contributed by atoms with Gasteiger partial charge < -0.3 is 16.2 Å². The van der Waals surface area contributed by atoms with E-state index in [1.165, 1.54) is 18.3 Å². The minimum Gasteiger partial charge on any atom is -0.478 e. The molecule has 146 valence electrons. The molecule has 1 aromatic carbocycles. The van der Waals surface area contributed by atoms with Crippen molar-refractivity contribution < 1.29 is 9.90 Å². The monoisotopic (exact) mass is 418 g/mol. The van der Waals surface area contributed by atoms with E-state index in [9.17, 15) is 9.90 Å². The number of hydrogen-bond donors (Lipinski definition) is 3. The second-order valence-electron chi connectivity index (χ2n) is 5.72. The van der Waals surface area contributed by atoms with Crippen LogP contribution in [0.5, 0.6) is 0 Å². The molecule has 0 aliphatic carbocycles. The predicted octanol–water partition coefficient (Wildman–Crippen LogP) is 4.84. The van der Waals surface area contributed by atoms with Crippen LogP contribution < -0.4 is 11.1 Å². The summed E-state index contributed by atoms with van der Waals surface area (Å²) in [5.41, 5.74) is 9.09. The Labute approximate surface area is 173 Å². The van der Waals surface area contributed by atoms with E-state index in [2.05, 4.69) is 21.9 Å². The van der Waals surface area contributed by atoms with Gasteiger partial charge in [-0.2, -0.15) is 0 Å². The summed E-state index contributed by atoms with van der Waals surface area (Å²) >= 11 is 12.3. The number of halogens is 2. The average Bonchev–Trinajstić information content (AvgIpc) is 2.66. The first kappa shape index (κ1) is 21.5. The molecule has 0 aliphatic heterocycles. The van der Waals surface area contributed by atoms with Crippen LogP contribution in [0.15, 0.2) is 53.9 Å². The fraction of sp³-hybridized carbons (Fsp3) is 0.150. The molecule has 6 nitrogen and oxygen atoms in total. The number of pyridine rings is 1. The van der Waals surface area contributed by atoms with Crippen molar-refractivity contribution in [3.63, 3.8) is 0 Å². The maximum atomic E-state index is 11.4. The lowest BCUT2D eigenvalue weighted by Gasteiger charge is -2.16. The van der Waals surface area contributed by atoms with Crippen LogP contribution in [0.3, 0.4) is 0 Å². The Bertz CT molecular complexity index is 944. The number of aliphatic imine (C=N–C) groups is 1. The highest BCUT2D eigenvalue weighted by atomic mass is 35.5. The molecule has 0 saturated carbocycles. The van der Waals surface area contributed by atoms with Gasteiger partial charge in [-0.15, -0.1) is 0 Å². The van der Waals surface area contributed by atoms with E-state index < -0.39 is 5.97 Å². The maximum absolute atomic E-state index is 11.4. The molecule has 1 aromatic heterocycles. The van der Waals surface area contributed by atoms with E-state index >= 15 is 0 Å². The molecule has 0 fully saturated rings. The van der Waals surface area contributed by atoms with Crippen molar-refractivity contribution in [2.45, 2.75) is 13.3 Å². The van der Waals surface area contributed by atoms with E-state index in [0.29, 0.717) is 34.8 Å². The van der Waals surface area contributed by atoms with Crippen molar-refractivity contribution in [1.82, 2.24) is 4.98 Å². The number of carboxylic acid groups (broad SMARTS) is 1. The lowest BCUT2D eigenvalue weighted by atomic mass is 9.93. The summed E-state index contributed by atoms with van der Waals surface area (Å²) in [5, 5.41) is 12.3.